The van der Waals surface area contributed by atoms with Gasteiger partial charge in [-0.2, -0.15) is 0 Å². The summed E-state index contributed by atoms with van der Waals surface area (Å²) in [6.07, 6.45) is 4.59. The largest absolute Gasteiger partial charge is 1.00 e. The number of rotatable bonds is 1. The maximum absolute atomic E-state index is 9.46. The minimum Gasteiger partial charge on any atom is -0.870 e. The van der Waals surface area contributed by atoms with Gasteiger partial charge in [-0.05, 0) is 5.75 Å². The van der Waals surface area contributed by atoms with E-state index in [1.165, 1.54) is 0 Å². The SMILES string of the molecule is C#CC[S-](=O)=O.[Na+].[OH-]. The van der Waals surface area contributed by atoms with Crippen molar-refractivity contribution in [3.63, 3.8) is 0 Å². The van der Waals surface area contributed by atoms with Gasteiger partial charge in [0.25, 0.3) is 0 Å². The Balaban J connectivity index is -0.000000125. The first kappa shape index (κ1) is 15.8. The molecule has 0 amide bonds. The second kappa shape index (κ2) is 10.5. The summed E-state index contributed by atoms with van der Waals surface area (Å²) in [6, 6.07) is 0. The second-order valence-electron chi connectivity index (χ2n) is 0.652. The summed E-state index contributed by atoms with van der Waals surface area (Å²) in [5.74, 6) is 1.77. The smallest absolute Gasteiger partial charge is 0.870 e. The molecule has 0 spiro atoms. The van der Waals surface area contributed by atoms with E-state index in [0.717, 1.165) is 0 Å². The fraction of sp³-hybridized carbons (Fsp3) is 0.333. The molecule has 0 aromatic rings. The van der Waals surface area contributed by atoms with Gasteiger partial charge in [0.15, 0.2) is 0 Å². The van der Waals surface area contributed by atoms with Crippen LogP contribution in [0.2, 0.25) is 0 Å². The van der Waals surface area contributed by atoms with E-state index in [1.807, 2.05) is 5.92 Å². The van der Waals surface area contributed by atoms with Crippen LogP contribution < -0.4 is 29.6 Å². The first-order valence-corrected chi connectivity index (χ1v) is 2.51. The minimum absolute atomic E-state index is 0. The first-order valence-electron chi connectivity index (χ1n) is 1.26. The van der Waals surface area contributed by atoms with Crippen LogP contribution in [-0.2, 0) is 19.1 Å². The van der Waals surface area contributed by atoms with Crippen LogP contribution in [0.1, 0.15) is 0 Å². The van der Waals surface area contributed by atoms with Crippen LogP contribution in [0, 0.1) is 12.3 Å². The number of hydrogen-bond donors (Lipinski definition) is 0. The van der Waals surface area contributed by atoms with Crippen LogP contribution >= 0.6 is 0 Å². The van der Waals surface area contributed by atoms with Crippen molar-refractivity contribution in [2.75, 3.05) is 5.75 Å². The van der Waals surface area contributed by atoms with Crippen molar-refractivity contribution in [1.82, 2.24) is 0 Å². The maximum atomic E-state index is 9.46. The molecule has 0 aliphatic rings. The quantitative estimate of drug-likeness (QED) is 0.220. The van der Waals surface area contributed by atoms with Crippen LogP contribution in [-0.4, -0.2) is 11.2 Å². The summed E-state index contributed by atoms with van der Waals surface area (Å²) in [4.78, 5) is 0. The summed E-state index contributed by atoms with van der Waals surface area (Å²) < 4.78 is 18.9. The van der Waals surface area contributed by atoms with Crippen molar-refractivity contribution in [2.24, 2.45) is 0 Å². The molecule has 0 saturated carbocycles. The molecule has 0 unspecified atom stereocenters. The molecule has 3 nitrogen and oxygen atoms in total. The van der Waals surface area contributed by atoms with E-state index in [2.05, 4.69) is 6.42 Å². The molecule has 5 heteroatoms. The van der Waals surface area contributed by atoms with Gasteiger partial charge in [0, 0.05) is 0 Å². The zero-order valence-electron chi connectivity index (χ0n) is 4.46. The topological polar surface area (TPSA) is 64.1 Å². The van der Waals surface area contributed by atoms with Gasteiger partial charge in [0.1, 0.15) is 0 Å². The van der Waals surface area contributed by atoms with Gasteiger partial charge in [-0.1, -0.05) is 10.7 Å². The molecule has 0 bridgehead atoms. The molecule has 0 aromatic heterocycles. The minimum atomic E-state index is -2.05. The van der Waals surface area contributed by atoms with Crippen molar-refractivity contribution in [3.8, 4) is 12.3 Å². The third-order valence-electron chi connectivity index (χ3n) is 0.201. The molecule has 0 atom stereocenters. The fourth-order valence-corrected chi connectivity index (χ4v) is 0.204. The van der Waals surface area contributed by atoms with Crippen molar-refractivity contribution < 1.29 is 43.5 Å². The van der Waals surface area contributed by atoms with E-state index in [0.29, 0.717) is 0 Å². The van der Waals surface area contributed by atoms with E-state index in [9.17, 15) is 8.42 Å². The summed E-state index contributed by atoms with van der Waals surface area (Å²) in [7, 11) is -2.05. The predicted octanol–water partition coefficient (Wildman–Crippen LogP) is -3.24. The number of terminal acetylenes is 1. The monoisotopic (exact) mass is 143 g/mol. The van der Waals surface area contributed by atoms with Crippen LogP contribution in [0.4, 0.5) is 0 Å². The Morgan fingerprint density at radius 3 is 1.88 bits per heavy atom. The molecule has 0 saturated heterocycles. The van der Waals surface area contributed by atoms with Crippen molar-refractivity contribution >= 4 is 10.7 Å². The van der Waals surface area contributed by atoms with E-state index >= 15 is 0 Å². The predicted molar refractivity (Wildman–Crippen MR) is 24.4 cm³/mol. The Morgan fingerprint density at radius 2 is 1.88 bits per heavy atom. The number of hydrogen-bond acceptors (Lipinski definition) is 4. The normalized spacial score (nSPS) is 6.00. The molecule has 0 aliphatic carbocycles. The average Bonchev–Trinajstić information content (AvgIpc) is 1.35. The molecule has 0 radical (unpaired) electrons. The summed E-state index contributed by atoms with van der Waals surface area (Å²) in [5.41, 5.74) is 0. The zero-order valence-corrected chi connectivity index (χ0v) is 7.27. The standard InChI is InChI=1S/C3H3O2S.Na.H2O/c1-2-3-6(4)5;;/h1H,3H2;;1H2/q-1;+1;/p-1. The van der Waals surface area contributed by atoms with Crippen LogP contribution in [0.3, 0.4) is 0 Å². The van der Waals surface area contributed by atoms with Crippen LogP contribution in [0.25, 0.3) is 0 Å². The molecule has 0 heterocycles. The summed E-state index contributed by atoms with van der Waals surface area (Å²) >= 11 is 0. The third kappa shape index (κ3) is 16.1. The van der Waals surface area contributed by atoms with Gasteiger partial charge >= 0.3 is 29.6 Å². The van der Waals surface area contributed by atoms with Gasteiger partial charge in [0.2, 0.25) is 0 Å². The summed E-state index contributed by atoms with van der Waals surface area (Å²) in [5, 5.41) is 0. The molecule has 0 rings (SSSR count). The Labute approximate surface area is 72.0 Å². The second-order valence-corrected chi connectivity index (χ2v) is 1.55. The molecular weight excluding hydrogens is 139 g/mol. The molecule has 0 aliphatic heterocycles. The molecule has 0 aromatic carbocycles. The van der Waals surface area contributed by atoms with E-state index in [4.69, 9.17) is 0 Å². The summed E-state index contributed by atoms with van der Waals surface area (Å²) in [6.45, 7) is 0. The van der Waals surface area contributed by atoms with Crippen molar-refractivity contribution in [3.05, 3.63) is 0 Å². The Kier molecular flexibility index (Phi) is 20.6. The maximum Gasteiger partial charge on any atom is 1.00 e. The van der Waals surface area contributed by atoms with E-state index in [-0.39, 0.29) is 40.8 Å². The van der Waals surface area contributed by atoms with Gasteiger partial charge in [-0.15, -0.1) is 12.3 Å². The van der Waals surface area contributed by atoms with E-state index < -0.39 is 10.7 Å². The Bertz CT molecular complexity index is 126. The van der Waals surface area contributed by atoms with Crippen molar-refractivity contribution in [2.45, 2.75) is 0 Å². The average molecular weight is 143 g/mol. The fourth-order valence-electron chi connectivity index (χ4n) is 0.0680. The molecular formula is C3H4NaO3S-. The Morgan fingerprint density at radius 1 is 1.50 bits per heavy atom. The molecule has 42 valence electrons. The molecule has 1 N–H and O–H groups in total. The van der Waals surface area contributed by atoms with Gasteiger partial charge < -0.3 is 13.9 Å². The molecule has 8 heavy (non-hydrogen) atoms. The van der Waals surface area contributed by atoms with Gasteiger partial charge in [-0.25, -0.2) is 0 Å². The first-order chi connectivity index (χ1) is 2.77. The zero-order chi connectivity index (χ0) is 4.99. The van der Waals surface area contributed by atoms with Crippen LogP contribution in [0.15, 0.2) is 0 Å². The van der Waals surface area contributed by atoms with Gasteiger partial charge in [-0.3, -0.25) is 0 Å². The van der Waals surface area contributed by atoms with Gasteiger partial charge in [0.05, 0.1) is 0 Å². The third-order valence-corrected chi connectivity index (χ3v) is 0.604. The van der Waals surface area contributed by atoms with Crippen LogP contribution in [0.5, 0.6) is 0 Å². The van der Waals surface area contributed by atoms with E-state index in [1.54, 1.807) is 0 Å². The van der Waals surface area contributed by atoms with Crippen molar-refractivity contribution in [1.29, 1.82) is 0 Å². The molecule has 0 fully saturated rings. The Hall–Kier alpha value is 0.470.